The van der Waals surface area contributed by atoms with Gasteiger partial charge in [0.2, 0.25) is 0 Å². The Bertz CT molecular complexity index is 983. The fourth-order valence-corrected chi connectivity index (χ4v) is 5.35. The Morgan fingerprint density at radius 1 is 0.941 bits per heavy atom. The van der Waals surface area contributed by atoms with E-state index in [1.807, 2.05) is 0 Å². The van der Waals surface area contributed by atoms with E-state index in [1.54, 1.807) is 7.11 Å². The lowest BCUT2D eigenvalue weighted by atomic mass is 9.80. The first-order valence-electron chi connectivity index (χ1n) is 12.5. The largest absolute Gasteiger partial charge is 0.496 e. The lowest BCUT2D eigenvalue weighted by Crippen LogP contribution is -2.46. The summed E-state index contributed by atoms with van der Waals surface area (Å²) in [6, 6.07) is 28.5. The fourth-order valence-electron chi connectivity index (χ4n) is 5.35. The topological polar surface area (TPSA) is 53.5 Å². The molecule has 1 aliphatic heterocycles. The van der Waals surface area contributed by atoms with Crippen LogP contribution in [0, 0.1) is 5.92 Å². The van der Waals surface area contributed by atoms with Gasteiger partial charge in [-0.2, -0.15) is 0 Å². The number of nitrogens with one attached hydrogen (secondary N) is 2. The van der Waals surface area contributed by atoms with E-state index in [-0.39, 0.29) is 24.6 Å². The van der Waals surface area contributed by atoms with Gasteiger partial charge in [0.1, 0.15) is 5.75 Å². The molecule has 0 bridgehead atoms. The Morgan fingerprint density at radius 3 is 2.15 bits per heavy atom. The number of rotatable bonds is 10. The van der Waals surface area contributed by atoms with Crippen LogP contribution in [-0.2, 0) is 6.54 Å². The van der Waals surface area contributed by atoms with E-state index in [4.69, 9.17) is 4.74 Å². The Kier molecular flexibility index (Phi) is 8.39. The highest BCUT2D eigenvalue weighted by Gasteiger charge is 2.40. The van der Waals surface area contributed by atoms with E-state index < -0.39 is 0 Å². The van der Waals surface area contributed by atoms with Crippen molar-refractivity contribution < 1.29 is 9.84 Å². The monoisotopic (exact) mass is 458 g/mol. The molecule has 34 heavy (non-hydrogen) atoms. The first-order valence-corrected chi connectivity index (χ1v) is 12.5. The highest BCUT2D eigenvalue weighted by atomic mass is 16.5. The minimum Gasteiger partial charge on any atom is -0.496 e. The van der Waals surface area contributed by atoms with Crippen LogP contribution in [0.1, 0.15) is 54.4 Å². The summed E-state index contributed by atoms with van der Waals surface area (Å²) < 4.78 is 5.69. The number of ether oxygens (including phenoxy) is 1. The molecule has 0 radical (unpaired) electrons. The van der Waals surface area contributed by atoms with E-state index in [9.17, 15) is 5.11 Å². The van der Waals surface area contributed by atoms with Gasteiger partial charge in [-0.3, -0.25) is 0 Å². The van der Waals surface area contributed by atoms with Crippen molar-refractivity contribution in [2.75, 3.05) is 20.3 Å². The van der Waals surface area contributed by atoms with Crippen LogP contribution in [0.3, 0.4) is 0 Å². The maximum absolute atomic E-state index is 9.79. The quantitative estimate of drug-likeness (QED) is 0.397. The third kappa shape index (κ3) is 5.52. The minimum absolute atomic E-state index is 0.199. The Labute approximate surface area is 204 Å². The summed E-state index contributed by atoms with van der Waals surface area (Å²) in [6.45, 7) is 6.26. The molecule has 1 heterocycles. The molecule has 4 heteroatoms. The molecule has 180 valence electrons. The molecule has 0 aromatic heterocycles. The van der Waals surface area contributed by atoms with Gasteiger partial charge in [-0.25, -0.2) is 0 Å². The Morgan fingerprint density at radius 2 is 1.59 bits per heavy atom. The molecule has 1 saturated heterocycles. The molecule has 3 aromatic carbocycles. The normalized spacial score (nSPS) is 20.2. The average molecular weight is 459 g/mol. The molecule has 0 saturated carbocycles. The van der Waals surface area contributed by atoms with Gasteiger partial charge in [-0.1, -0.05) is 86.6 Å². The molecule has 3 unspecified atom stereocenters. The second-order valence-electron chi connectivity index (χ2n) is 9.64. The molecule has 0 spiro atoms. The average Bonchev–Trinajstić information content (AvgIpc) is 3.26. The Hall–Kier alpha value is -2.66. The highest BCUT2D eigenvalue weighted by Crippen LogP contribution is 2.35. The third-order valence-corrected chi connectivity index (χ3v) is 7.19. The molecule has 4 rings (SSSR count). The van der Waals surface area contributed by atoms with Gasteiger partial charge in [-0.05, 0) is 47.6 Å². The lowest BCUT2D eigenvalue weighted by Gasteiger charge is -2.32. The predicted molar refractivity (Wildman–Crippen MR) is 139 cm³/mol. The van der Waals surface area contributed by atoms with Crippen LogP contribution in [-0.4, -0.2) is 37.5 Å². The molecule has 1 aliphatic rings. The van der Waals surface area contributed by atoms with Gasteiger partial charge in [0.05, 0.1) is 7.11 Å². The van der Waals surface area contributed by atoms with Crippen LogP contribution in [0.4, 0.5) is 0 Å². The molecule has 3 N–H and O–H groups in total. The molecular weight excluding hydrogens is 420 g/mol. The Balaban J connectivity index is 1.65. The first kappa shape index (κ1) is 24.5. The van der Waals surface area contributed by atoms with Crippen LogP contribution in [0.15, 0.2) is 78.9 Å². The van der Waals surface area contributed by atoms with Crippen molar-refractivity contribution >= 4 is 0 Å². The van der Waals surface area contributed by atoms with Crippen LogP contribution in [0.2, 0.25) is 0 Å². The summed E-state index contributed by atoms with van der Waals surface area (Å²) in [5.41, 5.74) is 5.11. The second-order valence-corrected chi connectivity index (χ2v) is 9.64. The number of hydrogen-bond acceptors (Lipinski definition) is 4. The van der Waals surface area contributed by atoms with Crippen molar-refractivity contribution in [3.63, 3.8) is 0 Å². The van der Waals surface area contributed by atoms with E-state index in [2.05, 4.69) is 103 Å². The van der Waals surface area contributed by atoms with Gasteiger partial charge in [0.25, 0.3) is 0 Å². The SMILES string of the molecule is COc1ccc(C(C)C)cc1CNC1C(CCO)CNC1C(c1ccccc1)c1ccccc1. The lowest BCUT2D eigenvalue weighted by molar-refractivity contribution is 0.241. The molecule has 3 atom stereocenters. The third-order valence-electron chi connectivity index (χ3n) is 7.19. The summed E-state index contributed by atoms with van der Waals surface area (Å²) in [5.74, 6) is 1.95. The second kappa shape index (κ2) is 11.7. The van der Waals surface area contributed by atoms with Gasteiger partial charge in [0.15, 0.2) is 0 Å². The first-order chi connectivity index (χ1) is 16.6. The van der Waals surface area contributed by atoms with Crippen LogP contribution < -0.4 is 15.4 Å². The smallest absolute Gasteiger partial charge is 0.123 e. The fraction of sp³-hybridized carbons (Fsp3) is 0.400. The number of methoxy groups -OCH3 is 1. The molecule has 0 amide bonds. The van der Waals surface area contributed by atoms with Crippen LogP contribution in [0.5, 0.6) is 5.75 Å². The van der Waals surface area contributed by atoms with Crippen LogP contribution >= 0.6 is 0 Å². The molecular formula is C30H38N2O2. The van der Waals surface area contributed by atoms with Crippen molar-refractivity contribution in [1.29, 1.82) is 0 Å². The highest BCUT2D eigenvalue weighted by molar-refractivity contribution is 5.39. The zero-order valence-electron chi connectivity index (χ0n) is 20.6. The van der Waals surface area contributed by atoms with E-state index >= 15 is 0 Å². The van der Waals surface area contributed by atoms with E-state index in [0.717, 1.165) is 25.3 Å². The van der Waals surface area contributed by atoms with Crippen molar-refractivity contribution in [2.24, 2.45) is 5.92 Å². The number of benzene rings is 3. The summed E-state index contributed by atoms with van der Waals surface area (Å²) in [5, 5.41) is 17.5. The maximum Gasteiger partial charge on any atom is 0.123 e. The molecule has 1 fully saturated rings. The zero-order chi connectivity index (χ0) is 23.9. The molecule has 3 aromatic rings. The van der Waals surface area contributed by atoms with E-state index in [0.29, 0.717) is 11.8 Å². The summed E-state index contributed by atoms with van der Waals surface area (Å²) in [4.78, 5) is 0. The van der Waals surface area contributed by atoms with Crippen LogP contribution in [0.25, 0.3) is 0 Å². The van der Waals surface area contributed by atoms with Crippen molar-refractivity contribution in [3.05, 3.63) is 101 Å². The van der Waals surface area contributed by atoms with Gasteiger partial charge >= 0.3 is 0 Å². The summed E-state index contributed by atoms with van der Waals surface area (Å²) in [6.07, 6.45) is 0.778. The van der Waals surface area contributed by atoms with Crippen molar-refractivity contribution in [2.45, 2.75) is 50.7 Å². The number of aliphatic hydroxyl groups is 1. The van der Waals surface area contributed by atoms with E-state index in [1.165, 1.54) is 22.3 Å². The zero-order valence-corrected chi connectivity index (χ0v) is 20.6. The van der Waals surface area contributed by atoms with Gasteiger partial charge < -0.3 is 20.5 Å². The van der Waals surface area contributed by atoms with Gasteiger partial charge in [0, 0.05) is 36.7 Å². The standard InChI is InChI=1S/C30H38N2O2/c1-21(2)24-14-15-27(34-3)26(18-24)20-31-29-25(16-17-33)19-32-30(29)28(22-10-6-4-7-11-22)23-12-8-5-9-13-23/h4-15,18,21,25,28-33H,16-17,19-20H2,1-3H3. The predicted octanol–water partition coefficient (Wildman–Crippen LogP) is 5.08. The summed E-state index contributed by atoms with van der Waals surface area (Å²) >= 11 is 0. The van der Waals surface area contributed by atoms with Gasteiger partial charge in [-0.15, -0.1) is 0 Å². The molecule has 4 nitrogen and oxygen atoms in total. The van der Waals surface area contributed by atoms with Crippen molar-refractivity contribution in [1.82, 2.24) is 10.6 Å². The minimum atomic E-state index is 0.199. The maximum atomic E-state index is 9.79. The number of hydrogen-bond donors (Lipinski definition) is 3. The molecule has 0 aliphatic carbocycles. The summed E-state index contributed by atoms with van der Waals surface area (Å²) in [7, 11) is 1.74. The van der Waals surface area contributed by atoms with Crippen molar-refractivity contribution in [3.8, 4) is 5.75 Å². The number of aliphatic hydroxyl groups excluding tert-OH is 1.